The highest BCUT2D eigenvalue weighted by molar-refractivity contribution is 5.79. The van der Waals surface area contributed by atoms with Crippen LogP contribution in [0, 0.1) is 0 Å². The lowest BCUT2D eigenvalue weighted by Crippen LogP contribution is -2.46. The number of hydrogen-bond acceptors (Lipinski definition) is 5. The second-order valence-corrected chi connectivity index (χ2v) is 6.12. The fourth-order valence-electron chi connectivity index (χ4n) is 2.81. The van der Waals surface area contributed by atoms with Crippen molar-refractivity contribution >= 4 is 5.97 Å². The first-order valence-corrected chi connectivity index (χ1v) is 8.29. The third-order valence-corrected chi connectivity index (χ3v) is 4.03. The number of carbonyl (C=O) groups is 1. The molecular formula is C16H32N2O3. The van der Waals surface area contributed by atoms with Crippen molar-refractivity contribution in [3.63, 3.8) is 0 Å². The molecule has 0 radical (unpaired) electrons. The molecule has 0 spiro atoms. The van der Waals surface area contributed by atoms with Gasteiger partial charge in [0, 0.05) is 13.2 Å². The quantitative estimate of drug-likeness (QED) is 0.521. The highest BCUT2D eigenvalue weighted by Crippen LogP contribution is 2.16. The third kappa shape index (κ3) is 6.76. The summed E-state index contributed by atoms with van der Waals surface area (Å²) < 4.78 is 10.7. The molecular weight excluding hydrogens is 268 g/mol. The number of nitrogens with two attached hydrogens (primary N) is 1. The molecule has 5 nitrogen and oxygen atoms in total. The van der Waals surface area contributed by atoms with Crippen LogP contribution in [0.4, 0.5) is 0 Å². The van der Waals surface area contributed by atoms with Crippen LogP contribution in [0.3, 0.4) is 0 Å². The van der Waals surface area contributed by atoms with Crippen LogP contribution in [0.5, 0.6) is 0 Å². The van der Waals surface area contributed by atoms with Crippen LogP contribution in [0.25, 0.3) is 0 Å². The minimum Gasteiger partial charge on any atom is -0.465 e. The number of nitrogens with zero attached hydrogens (tertiary/aromatic N) is 1. The molecule has 0 saturated carbocycles. The molecule has 1 saturated heterocycles. The fourth-order valence-corrected chi connectivity index (χ4v) is 2.81. The highest BCUT2D eigenvalue weighted by Gasteiger charge is 2.29. The summed E-state index contributed by atoms with van der Waals surface area (Å²) >= 11 is 0. The summed E-state index contributed by atoms with van der Waals surface area (Å²) in [5, 5.41) is 0. The Morgan fingerprint density at radius 1 is 1.33 bits per heavy atom. The van der Waals surface area contributed by atoms with Crippen LogP contribution in [0.15, 0.2) is 0 Å². The molecule has 0 aromatic carbocycles. The number of ether oxygens (including phenoxy) is 2. The van der Waals surface area contributed by atoms with Crippen molar-refractivity contribution in [1.82, 2.24) is 4.90 Å². The van der Waals surface area contributed by atoms with Gasteiger partial charge in [0.05, 0.1) is 12.7 Å². The SMILES string of the molecule is CCOC(=O)C(C)(N)CCCCN1CCCC(OCC)C1. The van der Waals surface area contributed by atoms with Crippen LogP contribution < -0.4 is 5.73 Å². The van der Waals surface area contributed by atoms with Crippen LogP contribution >= 0.6 is 0 Å². The monoisotopic (exact) mass is 300 g/mol. The minimum atomic E-state index is -0.855. The van der Waals surface area contributed by atoms with Crippen molar-refractivity contribution < 1.29 is 14.3 Å². The zero-order valence-electron chi connectivity index (χ0n) is 13.9. The Morgan fingerprint density at radius 3 is 2.76 bits per heavy atom. The molecule has 0 amide bonds. The molecule has 0 bridgehead atoms. The molecule has 0 aliphatic carbocycles. The van der Waals surface area contributed by atoms with Crippen molar-refractivity contribution in [3.8, 4) is 0 Å². The van der Waals surface area contributed by atoms with E-state index >= 15 is 0 Å². The molecule has 1 aliphatic heterocycles. The molecule has 1 fully saturated rings. The lowest BCUT2D eigenvalue weighted by atomic mass is 9.96. The number of unbranched alkanes of at least 4 members (excludes halogenated alkanes) is 1. The van der Waals surface area contributed by atoms with E-state index < -0.39 is 5.54 Å². The Bertz CT molecular complexity index is 306. The maximum absolute atomic E-state index is 11.7. The fraction of sp³-hybridized carbons (Fsp3) is 0.938. The van der Waals surface area contributed by atoms with Gasteiger partial charge in [0.25, 0.3) is 0 Å². The van der Waals surface area contributed by atoms with Gasteiger partial charge >= 0.3 is 5.97 Å². The smallest absolute Gasteiger partial charge is 0.325 e. The van der Waals surface area contributed by atoms with E-state index in [0.717, 1.165) is 39.1 Å². The molecule has 2 unspecified atom stereocenters. The summed E-state index contributed by atoms with van der Waals surface area (Å²) in [5.74, 6) is -0.292. The molecule has 2 N–H and O–H groups in total. The number of likely N-dealkylation sites (tertiary alicyclic amines) is 1. The second kappa shape index (κ2) is 9.38. The van der Waals surface area contributed by atoms with E-state index in [2.05, 4.69) is 11.8 Å². The van der Waals surface area contributed by atoms with Crippen LogP contribution in [0.1, 0.15) is 52.9 Å². The van der Waals surface area contributed by atoms with E-state index in [4.69, 9.17) is 15.2 Å². The average Bonchev–Trinajstić information content (AvgIpc) is 2.45. The molecule has 1 heterocycles. The number of piperidine rings is 1. The molecule has 2 atom stereocenters. The van der Waals surface area contributed by atoms with Gasteiger partial charge in [-0.05, 0) is 66.0 Å². The topological polar surface area (TPSA) is 64.8 Å². The Kier molecular flexibility index (Phi) is 8.22. The van der Waals surface area contributed by atoms with Crippen molar-refractivity contribution in [3.05, 3.63) is 0 Å². The van der Waals surface area contributed by atoms with Gasteiger partial charge in [-0.25, -0.2) is 0 Å². The molecule has 1 rings (SSSR count). The molecule has 0 aromatic heterocycles. The van der Waals surface area contributed by atoms with E-state index in [1.54, 1.807) is 13.8 Å². The number of hydrogen-bond donors (Lipinski definition) is 1. The number of rotatable bonds is 9. The Labute approximate surface area is 129 Å². The first kappa shape index (κ1) is 18.4. The number of esters is 1. The molecule has 1 aliphatic rings. The largest absolute Gasteiger partial charge is 0.465 e. The average molecular weight is 300 g/mol. The predicted octanol–water partition coefficient (Wildman–Crippen LogP) is 1.94. The first-order chi connectivity index (χ1) is 9.99. The lowest BCUT2D eigenvalue weighted by Gasteiger charge is -2.32. The zero-order valence-corrected chi connectivity index (χ0v) is 13.9. The summed E-state index contributed by atoms with van der Waals surface area (Å²) in [5.41, 5.74) is 5.16. The summed E-state index contributed by atoms with van der Waals surface area (Å²) in [6.07, 6.45) is 5.46. The second-order valence-electron chi connectivity index (χ2n) is 6.12. The third-order valence-electron chi connectivity index (χ3n) is 4.03. The highest BCUT2D eigenvalue weighted by atomic mass is 16.5. The van der Waals surface area contributed by atoms with Crippen molar-refractivity contribution in [1.29, 1.82) is 0 Å². The van der Waals surface area contributed by atoms with E-state index in [0.29, 0.717) is 19.1 Å². The number of carbonyl (C=O) groups excluding carboxylic acids is 1. The van der Waals surface area contributed by atoms with Gasteiger partial charge in [-0.15, -0.1) is 0 Å². The summed E-state index contributed by atoms with van der Waals surface area (Å²) in [6.45, 7) is 10.0. The van der Waals surface area contributed by atoms with E-state index in [-0.39, 0.29) is 5.97 Å². The minimum absolute atomic E-state index is 0.292. The van der Waals surface area contributed by atoms with Gasteiger partial charge < -0.3 is 20.1 Å². The molecule has 124 valence electrons. The zero-order chi connectivity index (χ0) is 15.7. The van der Waals surface area contributed by atoms with Gasteiger partial charge in [-0.3, -0.25) is 4.79 Å². The summed E-state index contributed by atoms with van der Waals surface area (Å²) in [6, 6.07) is 0. The van der Waals surface area contributed by atoms with Crippen LogP contribution in [-0.2, 0) is 14.3 Å². The standard InChI is InChI=1S/C16H32N2O3/c1-4-20-14-9-8-12-18(13-14)11-7-6-10-16(3,17)15(19)21-5-2/h14H,4-13,17H2,1-3H3. The maximum Gasteiger partial charge on any atom is 0.325 e. The van der Waals surface area contributed by atoms with E-state index in [1.165, 1.54) is 12.8 Å². The van der Waals surface area contributed by atoms with Gasteiger partial charge in [0.15, 0.2) is 0 Å². The van der Waals surface area contributed by atoms with Crippen LogP contribution in [0.2, 0.25) is 0 Å². The molecule has 21 heavy (non-hydrogen) atoms. The van der Waals surface area contributed by atoms with E-state index in [1.807, 2.05) is 0 Å². The Hall–Kier alpha value is -0.650. The summed E-state index contributed by atoms with van der Waals surface area (Å²) in [7, 11) is 0. The van der Waals surface area contributed by atoms with Gasteiger partial charge in [-0.1, -0.05) is 0 Å². The summed E-state index contributed by atoms with van der Waals surface area (Å²) in [4.78, 5) is 14.2. The van der Waals surface area contributed by atoms with Crippen molar-refractivity contribution in [2.75, 3.05) is 32.8 Å². The lowest BCUT2D eigenvalue weighted by molar-refractivity contribution is -0.149. The Morgan fingerprint density at radius 2 is 2.10 bits per heavy atom. The first-order valence-electron chi connectivity index (χ1n) is 8.29. The predicted molar refractivity (Wildman–Crippen MR) is 84.2 cm³/mol. The van der Waals surface area contributed by atoms with Gasteiger partial charge in [-0.2, -0.15) is 0 Å². The molecule has 5 heteroatoms. The maximum atomic E-state index is 11.7. The van der Waals surface area contributed by atoms with Crippen molar-refractivity contribution in [2.45, 2.75) is 64.5 Å². The molecule has 0 aromatic rings. The Balaban J connectivity index is 2.20. The van der Waals surface area contributed by atoms with Crippen LogP contribution in [-0.4, -0.2) is 55.4 Å². The van der Waals surface area contributed by atoms with Crippen molar-refractivity contribution in [2.24, 2.45) is 5.73 Å². The van der Waals surface area contributed by atoms with E-state index in [9.17, 15) is 4.79 Å². The normalized spacial score (nSPS) is 22.8. The van der Waals surface area contributed by atoms with Gasteiger partial charge in [0.2, 0.25) is 0 Å². The van der Waals surface area contributed by atoms with Gasteiger partial charge in [0.1, 0.15) is 5.54 Å².